The van der Waals surface area contributed by atoms with Gasteiger partial charge in [-0.25, -0.2) is 4.68 Å². The Morgan fingerprint density at radius 3 is 2.47 bits per heavy atom. The molecule has 4 rings (SSSR count). The van der Waals surface area contributed by atoms with E-state index < -0.39 is 0 Å². The Kier molecular flexibility index (Phi) is 6.50. The van der Waals surface area contributed by atoms with Crippen molar-refractivity contribution in [3.05, 3.63) is 66.0 Å². The van der Waals surface area contributed by atoms with E-state index in [9.17, 15) is 4.79 Å². The number of para-hydroxylation sites is 1. The van der Waals surface area contributed by atoms with E-state index in [0.29, 0.717) is 17.3 Å². The van der Waals surface area contributed by atoms with Crippen LogP contribution in [-0.2, 0) is 4.79 Å². The number of thioether (sulfide) groups is 1. The molecule has 0 atom stereocenters. The monoisotopic (exact) mass is 449 g/mol. The van der Waals surface area contributed by atoms with Crippen LogP contribution in [0.15, 0.2) is 59.8 Å². The van der Waals surface area contributed by atoms with Crippen molar-refractivity contribution >= 4 is 23.4 Å². The number of nitrogens with one attached hydrogen (secondary N) is 1. The fraction of sp³-hybridized carbons (Fsp3) is 0.227. The summed E-state index contributed by atoms with van der Waals surface area (Å²) < 4.78 is 8.66. The summed E-state index contributed by atoms with van der Waals surface area (Å²) in [5, 5.41) is 20.1. The largest absolute Gasteiger partial charge is 0.497 e. The van der Waals surface area contributed by atoms with E-state index >= 15 is 0 Å². The second-order valence-corrected chi connectivity index (χ2v) is 8.07. The highest BCUT2D eigenvalue weighted by atomic mass is 32.2. The number of tetrazole rings is 1. The van der Waals surface area contributed by atoms with Gasteiger partial charge in [0.05, 0.1) is 35.6 Å². The van der Waals surface area contributed by atoms with E-state index in [2.05, 4.69) is 25.9 Å². The zero-order valence-corrected chi connectivity index (χ0v) is 18.8. The van der Waals surface area contributed by atoms with Crippen molar-refractivity contribution in [2.75, 3.05) is 18.2 Å². The Morgan fingerprint density at radius 2 is 1.75 bits per heavy atom. The van der Waals surface area contributed by atoms with Crippen LogP contribution in [-0.4, -0.2) is 48.8 Å². The van der Waals surface area contributed by atoms with E-state index in [0.717, 1.165) is 34.2 Å². The number of aromatic nitrogens is 6. The zero-order valence-electron chi connectivity index (χ0n) is 18.0. The van der Waals surface area contributed by atoms with Crippen LogP contribution in [0.5, 0.6) is 5.75 Å². The van der Waals surface area contributed by atoms with Crippen LogP contribution in [0.4, 0.5) is 5.69 Å². The summed E-state index contributed by atoms with van der Waals surface area (Å²) in [6.07, 6.45) is 0.315. The molecule has 2 aromatic heterocycles. The molecule has 0 bridgehead atoms. The van der Waals surface area contributed by atoms with Gasteiger partial charge in [0.1, 0.15) is 5.75 Å². The van der Waals surface area contributed by atoms with Crippen molar-refractivity contribution in [2.45, 2.75) is 25.4 Å². The van der Waals surface area contributed by atoms with E-state index in [1.165, 1.54) is 11.8 Å². The normalized spacial score (nSPS) is 10.8. The number of hydrogen-bond donors (Lipinski definition) is 1. The van der Waals surface area contributed by atoms with Crippen molar-refractivity contribution in [2.24, 2.45) is 0 Å². The highest BCUT2D eigenvalue weighted by Gasteiger charge is 2.16. The van der Waals surface area contributed by atoms with Crippen molar-refractivity contribution in [1.29, 1.82) is 0 Å². The molecule has 1 N–H and O–H groups in total. The third kappa shape index (κ3) is 4.65. The SMILES string of the molecule is COc1ccc(-n2nnnc2SCCC(=O)Nc2c(C)nn(-c3ccccc3)c2C)cc1. The van der Waals surface area contributed by atoms with Gasteiger partial charge in [-0.05, 0) is 60.7 Å². The van der Waals surface area contributed by atoms with Gasteiger partial charge in [0, 0.05) is 12.2 Å². The van der Waals surface area contributed by atoms with Crippen molar-refractivity contribution in [1.82, 2.24) is 30.0 Å². The molecular weight excluding hydrogens is 426 g/mol. The van der Waals surface area contributed by atoms with Gasteiger partial charge in [-0.1, -0.05) is 30.0 Å². The van der Waals surface area contributed by atoms with Gasteiger partial charge >= 0.3 is 0 Å². The lowest BCUT2D eigenvalue weighted by atomic mass is 10.3. The number of amides is 1. The van der Waals surface area contributed by atoms with E-state index in [4.69, 9.17) is 4.74 Å². The molecule has 0 fully saturated rings. The molecule has 164 valence electrons. The van der Waals surface area contributed by atoms with Gasteiger partial charge < -0.3 is 10.1 Å². The van der Waals surface area contributed by atoms with Crippen LogP contribution in [0.3, 0.4) is 0 Å². The first-order chi connectivity index (χ1) is 15.6. The molecule has 0 spiro atoms. The van der Waals surface area contributed by atoms with Gasteiger partial charge in [-0.15, -0.1) is 5.10 Å². The van der Waals surface area contributed by atoms with Crippen molar-refractivity contribution in [3.8, 4) is 17.1 Å². The molecule has 32 heavy (non-hydrogen) atoms. The molecule has 0 saturated carbocycles. The Bertz CT molecular complexity index is 1200. The third-order valence-electron chi connectivity index (χ3n) is 4.87. The molecule has 0 aliphatic heterocycles. The third-order valence-corrected chi connectivity index (χ3v) is 5.80. The van der Waals surface area contributed by atoms with E-state index in [-0.39, 0.29) is 5.91 Å². The van der Waals surface area contributed by atoms with Crippen LogP contribution in [0, 0.1) is 13.8 Å². The number of nitrogens with zero attached hydrogens (tertiary/aromatic N) is 6. The lowest BCUT2D eigenvalue weighted by molar-refractivity contribution is -0.115. The maximum atomic E-state index is 12.6. The molecule has 0 aliphatic carbocycles. The highest BCUT2D eigenvalue weighted by Crippen LogP contribution is 2.24. The summed E-state index contributed by atoms with van der Waals surface area (Å²) in [4.78, 5) is 12.6. The lowest BCUT2D eigenvalue weighted by Crippen LogP contribution is -2.13. The smallest absolute Gasteiger partial charge is 0.225 e. The first kappa shape index (κ1) is 21.6. The van der Waals surface area contributed by atoms with Gasteiger partial charge in [-0.3, -0.25) is 4.79 Å². The number of aryl methyl sites for hydroxylation is 1. The van der Waals surface area contributed by atoms with E-state index in [1.54, 1.807) is 11.8 Å². The fourth-order valence-corrected chi connectivity index (χ4v) is 4.06. The average molecular weight is 450 g/mol. The van der Waals surface area contributed by atoms with Crippen LogP contribution < -0.4 is 10.1 Å². The Labute approximate surface area is 189 Å². The highest BCUT2D eigenvalue weighted by molar-refractivity contribution is 7.99. The molecule has 0 saturated heterocycles. The molecule has 2 aromatic carbocycles. The molecule has 4 aromatic rings. The average Bonchev–Trinajstić information content (AvgIpc) is 3.39. The maximum Gasteiger partial charge on any atom is 0.225 e. The number of carbonyl (C=O) groups excluding carboxylic acids is 1. The first-order valence-electron chi connectivity index (χ1n) is 10.0. The van der Waals surface area contributed by atoms with Crippen LogP contribution in [0.2, 0.25) is 0 Å². The number of carbonyl (C=O) groups is 1. The standard InChI is InChI=1S/C22H23N7O2S/c1-15-21(16(2)28(25-15)17-7-5-4-6-8-17)23-20(30)13-14-32-22-24-26-27-29(22)18-9-11-19(31-3)12-10-18/h4-12H,13-14H2,1-3H3,(H,23,30). The van der Waals surface area contributed by atoms with Gasteiger partial charge in [-0.2, -0.15) is 9.78 Å². The second-order valence-electron chi connectivity index (χ2n) is 7.01. The Hall–Kier alpha value is -3.66. The number of hydrogen-bond acceptors (Lipinski definition) is 7. The number of methoxy groups -OCH3 is 1. The zero-order chi connectivity index (χ0) is 22.5. The minimum Gasteiger partial charge on any atom is -0.497 e. The van der Waals surface area contributed by atoms with Crippen LogP contribution in [0.1, 0.15) is 17.8 Å². The predicted octanol–water partition coefficient (Wildman–Crippen LogP) is 3.59. The fourth-order valence-electron chi connectivity index (χ4n) is 3.24. The lowest BCUT2D eigenvalue weighted by Gasteiger charge is -2.07. The minimum absolute atomic E-state index is 0.0835. The summed E-state index contributed by atoms with van der Waals surface area (Å²) in [6, 6.07) is 17.3. The quantitative estimate of drug-likeness (QED) is 0.410. The number of ether oxygens (including phenoxy) is 1. The first-order valence-corrected chi connectivity index (χ1v) is 11.0. The molecule has 2 heterocycles. The van der Waals surface area contributed by atoms with Crippen molar-refractivity contribution < 1.29 is 9.53 Å². The van der Waals surface area contributed by atoms with Gasteiger partial charge in [0.15, 0.2) is 0 Å². The Balaban J connectivity index is 1.37. The molecule has 9 nitrogen and oxygen atoms in total. The summed E-state index contributed by atoms with van der Waals surface area (Å²) >= 11 is 1.42. The van der Waals surface area contributed by atoms with Crippen LogP contribution in [0.25, 0.3) is 11.4 Å². The minimum atomic E-state index is -0.0835. The van der Waals surface area contributed by atoms with E-state index in [1.807, 2.05) is 73.1 Å². The summed E-state index contributed by atoms with van der Waals surface area (Å²) in [7, 11) is 1.62. The maximum absolute atomic E-state index is 12.6. The number of benzene rings is 2. The molecule has 0 radical (unpaired) electrons. The molecule has 10 heteroatoms. The predicted molar refractivity (Wildman–Crippen MR) is 123 cm³/mol. The number of rotatable bonds is 8. The summed E-state index contributed by atoms with van der Waals surface area (Å²) in [5.74, 6) is 1.21. The second kappa shape index (κ2) is 9.65. The molecular formula is C22H23N7O2S. The van der Waals surface area contributed by atoms with Gasteiger partial charge in [0.2, 0.25) is 11.1 Å². The summed E-state index contributed by atoms with van der Waals surface area (Å²) in [5.41, 5.74) is 4.18. The molecule has 0 aliphatic rings. The molecule has 0 unspecified atom stereocenters. The van der Waals surface area contributed by atoms with Crippen molar-refractivity contribution in [3.63, 3.8) is 0 Å². The number of anilines is 1. The summed E-state index contributed by atoms with van der Waals surface area (Å²) in [6.45, 7) is 3.83. The van der Waals surface area contributed by atoms with Crippen LogP contribution >= 0.6 is 11.8 Å². The van der Waals surface area contributed by atoms with Gasteiger partial charge in [0.25, 0.3) is 0 Å². The molecule has 1 amide bonds. The topological polar surface area (TPSA) is 99.8 Å². The Morgan fingerprint density at radius 1 is 1.03 bits per heavy atom.